The van der Waals surface area contributed by atoms with Gasteiger partial charge in [-0.15, -0.1) is 0 Å². The number of ether oxygens (including phenoxy) is 4. The van der Waals surface area contributed by atoms with E-state index in [1.54, 1.807) is 6.92 Å². The lowest BCUT2D eigenvalue weighted by molar-refractivity contribution is -0.881. The SMILES string of the molecule is CC(=O)[C@@H](CCCCNC(=O)COCCOCCNC(=O)COCCOCCNC(=O)CC[C@H](NC(=O)C[N+](C)(C)CCNC(=O)CCCCCCCCCCCCCCC(=O)O)C(=O)O)NC(C)C. The molecule has 406 valence electrons. The quantitative estimate of drug-likeness (QED) is 0.0321. The van der Waals surface area contributed by atoms with Crippen LogP contribution in [0.1, 0.15) is 143 Å². The minimum absolute atomic E-state index is 0.00763. The molecular formula is C49H92N7O14+. The fourth-order valence-corrected chi connectivity index (χ4v) is 7.15. The van der Waals surface area contributed by atoms with Gasteiger partial charge in [-0.2, -0.15) is 0 Å². The Balaban J connectivity index is 3.87. The van der Waals surface area contributed by atoms with Crippen molar-refractivity contribution in [2.45, 2.75) is 161 Å². The lowest BCUT2D eigenvalue weighted by Gasteiger charge is -2.29. The Morgan fingerprint density at radius 3 is 1.43 bits per heavy atom. The molecule has 0 rings (SSSR count). The van der Waals surface area contributed by atoms with Crippen molar-refractivity contribution in [3.63, 3.8) is 0 Å². The lowest BCUT2D eigenvalue weighted by Crippen LogP contribution is -2.53. The molecule has 0 aliphatic rings. The number of likely N-dealkylation sites (N-methyl/N-ethyl adjacent to an activating group) is 1. The molecule has 0 unspecified atom stereocenters. The number of hydrogen-bond acceptors (Lipinski definition) is 13. The van der Waals surface area contributed by atoms with Crippen LogP contribution in [0, 0.1) is 0 Å². The third kappa shape index (κ3) is 43.7. The first-order chi connectivity index (χ1) is 33.4. The number of carboxylic acid groups (broad SMARTS) is 2. The number of nitrogens with zero attached hydrogens (tertiary/aromatic N) is 1. The van der Waals surface area contributed by atoms with Crippen molar-refractivity contribution in [2.24, 2.45) is 0 Å². The van der Waals surface area contributed by atoms with Crippen molar-refractivity contribution in [3.8, 4) is 0 Å². The Bertz CT molecular complexity index is 1470. The van der Waals surface area contributed by atoms with Gasteiger partial charge in [0.05, 0.1) is 72.9 Å². The average molecular weight is 1000 g/mol. The standard InChI is InChI=1S/C49H91N7O14/c1-39(2)54-41(40(3)57)20-18-19-25-50-46(61)37-69-34-33-68-31-28-53-47(62)38-70-35-32-67-30-27-52-44(59)24-23-42(49(65)66)55-45(60)36-56(4,5)29-26-51-43(58)21-16-14-12-10-8-6-7-9-11-13-15-17-22-48(63)64/h39,41-42,54H,6-38H2,1-5H3,(H6-,50,51,52,53,55,58,59,60,61,62,63,64,65,66)/p+1/t41-,42+/m1/s1. The third-order valence-corrected chi connectivity index (χ3v) is 11.1. The second kappa shape index (κ2) is 43.5. The second-order valence-electron chi connectivity index (χ2n) is 18.7. The van der Waals surface area contributed by atoms with E-state index in [0.29, 0.717) is 26.1 Å². The molecule has 21 nitrogen and oxygen atoms in total. The highest BCUT2D eigenvalue weighted by molar-refractivity contribution is 5.85. The highest BCUT2D eigenvalue weighted by atomic mass is 16.5. The van der Waals surface area contributed by atoms with Gasteiger partial charge in [0.15, 0.2) is 6.54 Å². The highest BCUT2D eigenvalue weighted by Crippen LogP contribution is 2.13. The molecule has 21 heteroatoms. The summed E-state index contributed by atoms with van der Waals surface area (Å²) in [5.74, 6) is -3.31. The van der Waals surface area contributed by atoms with Crippen LogP contribution in [0.2, 0.25) is 0 Å². The van der Waals surface area contributed by atoms with E-state index in [-0.39, 0.29) is 132 Å². The minimum Gasteiger partial charge on any atom is -0.481 e. The summed E-state index contributed by atoms with van der Waals surface area (Å²) in [5.41, 5.74) is 0. The fourth-order valence-electron chi connectivity index (χ4n) is 7.15. The van der Waals surface area contributed by atoms with Crippen LogP contribution in [0.5, 0.6) is 0 Å². The largest absolute Gasteiger partial charge is 0.481 e. The van der Waals surface area contributed by atoms with Crippen LogP contribution in [0.25, 0.3) is 0 Å². The van der Waals surface area contributed by atoms with Crippen molar-refractivity contribution < 1.29 is 72.0 Å². The zero-order chi connectivity index (χ0) is 52.3. The van der Waals surface area contributed by atoms with Crippen LogP contribution >= 0.6 is 0 Å². The molecule has 8 N–H and O–H groups in total. The van der Waals surface area contributed by atoms with Gasteiger partial charge in [0.1, 0.15) is 25.0 Å². The topological polar surface area (TPSA) is 286 Å². The number of unbranched alkanes of at least 4 members (excludes halogenated alkanes) is 12. The minimum atomic E-state index is -1.25. The van der Waals surface area contributed by atoms with Gasteiger partial charge in [0, 0.05) is 44.9 Å². The molecule has 2 atom stereocenters. The molecule has 0 radical (unpaired) electrons. The summed E-state index contributed by atoms with van der Waals surface area (Å²) in [7, 11) is 3.64. The molecule has 0 heterocycles. The van der Waals surface area contributed by atoms with Crippen molar-refractivity contribution in [3.05, 3.63) is 0 Å². The van der Waals surface area contributed by atoms with Crippen molar-refractivity contribution in [2.75, 3.05) is 106 Å². The Labute approximate surface area is 417 Å². The molecule has 0 aromatic heterocycles. The van der Waals surface area contributed by atoms with E-state index in [1.807, 2.05) is 27.9 Å². The third-order valence-electron chi connectivity index (χ3n) is 11.1. The molecule has 0 saturated carbocycles. The molecule has 0 fully saturated rings. The number of Topliss-reactive ketones (excluding diaryl/α,β-unsaturated/α-hetero) is 1. The Morgan fingerprint density at radius 1 is 0.471 bits per heavy atom. The number of ketones is 1. The van der Waals surface area contributed by atoms with Gasteiger partial charge < -0.3 is 65.5 Å². The van der Waals surface area contributed by atoms with Gasteiger partial charge in [-0.05, 0) is 45.4 Å². The number of rotatable bonds is 49. The van der Waals surface area contributed by atoms with Crippen LogP contribution in [0.4, 0.5) is 0 Å². The van der Waals surface area contributed by atoms with Gasteiger partial charge >= 0.3 is 11.9 Å². The van der Waals surface area contributed by atoms with Gasteiger partial charge in [-0.1, -0.05) is 78.1 Å². The molecule has 5 amide bonds. The summed E-state index contributed by atoms with van der Waals surface area (Å²) >= 11 is 0. The Kier molecular flexibility index (Phi) is 40.8. The average Bonchev–Trinajstić information content (AvgIpc) is 3.28. The molecule has 0 aliphatic heterocycles. The highest BCUT2D eigenvalue weighted by Gasteiger charge is 2.26. The van der Waals surface area contributed by atoms with Crippen LogP contribution < -0.4 is 31.9 Å². The first-order valence-electron chi connectivity index (χ1n) is 25.6. The van der Waals surface area contributed by atoms with Crippen LogP contribution in [0.15, 0.2) is 0 Å². The van der Waals surface area contributed by atoms with Gasteiger partial charge in [0.25, 0.3) is 5.91 Å². The van der Waals surface area contributed by atoms with Crippen LogP contribution in [-0.2, 0) is 57.3 Å². The molecule has 0 spiro atoms. The normalized spacial score (nSPS) is 12.3. The van der Waals surface area contributed by atoms with Crippen molar-refractivity contribution in [1.29, 1.82) is 0 Å². The van der Waals surface area contributed by atoms with E-state index in [4.69, 9.17) is 24.1 Å². The monoisotopic (exact) mass is 1000 g/mol. The van der Waals surface area contributed by atoms with Crippen LogP contribution in [-0.4, -0.2) is 186 Å². The van der Waals surface area contributed by atoms with Crippen molar-refractivity contribution in [1.82, 2.24) is 31.9 Å². The smallest absolute Gasteiger partial charge is 0.326 e. The number of quaternary nitrogens is 1. The Morgan fingerprint density at radius 2 is 0.929 bits per heavy atom. The molecule has 0 saturated heterocycles. The predicted molar refractivity (Wildman–Crippen MR) is 265 cm³/mol. The first-order valence-corrected chi connectivity index (χ1v) is 25.6. The number of aliphatic carboxylic acids is 2. The maximum absolute atomic E-state index is 12.8. The van der Waals surface area contributed by atoms with E-state index < -0.39 is 29.8 Å². The number of carbonyl (C=O) groups is 8. The molecule has 0 aromatic rings. The molecule has 70 heavy (non-hydrogen) atoms. The first kappa shape index (κ1) is 65.7. The van der Waals surface area contributed by atoms with Crippen LogP contribution in [0.3, 0.4) is 0 Å². The fraction of sp³-hybridized carbons (Fsp3) is 0.837. The summed E-state index contributed by atoms with van der Waals surface area (Å²) < 4.78 is 21.7. The number of amides is 5. The summed E-state index contributed by atoms with van der Waals surface area (Å²) in [6, 6.07) is -1.19. The summed E-state index contributed by atoms with van der Waals surface area (Å²) in [5, 5.41) is 35.1. The number of hydrogen-bond donors (Lipinski definition) is 8. The molecule has 0 aromatic carbocycles. The lowest BCUT2D eigenvalue weighted by atomic mass is 10.0. The maximum atomic E-state index is 12.8. The second-order valence-corrected chi connectivity index (χ2v) is 18.7. The number of carboxylic acids is 2. The summed E-state index contributed by atoms with van der Waals surface area (Å²) in [4.78, 5) is 95.4. The predicted octanol–water partition coefficient (Wildman–Crippen LogP) is 2.62. The number of carbonyl (C=O) groups excluding carboxylic acids is 6. The van der Waals surface area contributed by atoms with Gasteiger partial charge in [-0.3, -0.25) is 33.6 Å². The van der Waals surface area contributed by atoms with Crippen molar-refractivity contribution >= 4 is 47.3 Å². The summed E-state index contributed by atoms with van der Waals surface area (Å²) in [6.07, 6.45) is 15.7. The maximum Gasteiger partial charge on any atom is 0.326 e. The molecular weight excluding hydrogens is 911 g/mol. The van der Waals surface area contributed by atoms with E-state index in [0.717, 1.165) is 70.6 Å². The van der Waals surface area contributed by atoms with Gasteiger partial charge in [0.2, 0.25) is 23.6 Å². The zero-order valence-electron chi connectivity index (χ0n) is 43.3. The zero-order valence-corrected chi connectivity index (χ0v) is 43.3. The molecule has 0 aliphatic carbocycles. The summed E-state index contributed by atoms with van der Waals surface area (Å²) in [6.45, 7) is 8.33. The van der Waals surface area contributed by atoms with E-state index in [2.05, 4.69) is 31.9 Å². The molecule has 0 bridgehead atoms. The van der Waals surface area contributed by atoms with Gasteiger partial charge in [-0.25, -0.2) is 4.79 Å². The Hall–Kier alpha value is -4.28. The van der Waals surface area contributed by atoms with E-state index >= 15 is 0 Å². The van der Waals surface area contributed by atoms with E-state index in [9.17, 15) is 43.5 Å². The number of nitrogens with one attached hydrogen (secondary N) is 6. The van der Waals surface area contributed by atoms with E-state index in [1.165, 1.54) is 25.7 Å².